The zero-order valence-electron chi connectivity index (χ0n) is 17.8. The summed E-state index contributed by atoms with van der Waals surface area (Å²) in [4.78, 5) is 26.1. The van der Waals surface area contributed by atoms with Crippen molar-refractivity contribution in [3.05, 3.63) is 48.0 Å². The highest BCUT2D eigenvalue weighted by Gasteiger charge is 2.25. The molecule has 31 heavy (non-hydrogen) atoms. The van der Waals surface area contributed by atoms with Crippen LogP contribution in [0.25, 0.3) is 0 Å². The zero-order valence-corrected chi connectivity index (χ0v) is 18.6. The van der Waals surface area contributed by atoms with Gasteiger partial charge in [0.1, 0.15) is 4.90 Å². The predicted molar refractivity (Wildman–Crippen MR) is 122 cm³/mol. The molecule has 1 saturated heterocycles. The van der Waals surface area contributed by atoms with Gasteiger partial charge < -0.3 is 15.5 Å². The topological polar surface area (TPSA) is 108 Å². The molecule has 9 heteroatoms. The minimum absolute atomic E-state index is 0.122. The standard InChI is InChI=1S/C22H28N4O4S/c1-3-12-23-31(29,30)21-15-17(6-11-20(21)26-13-4-5-14-26)22(28)25-19-9-7-18(8-10-19)24-16(2)27/h6-11,15,23H,3-5,12-14H2,1-2H3,(H,24,27)(H,25,28). The number of hydrogen-bond acceptors (Lipinski definition) is 5. The molecule has 1 aliphatic heterocycles. The summed E-state index contributed by atoms with van der Waals surface area (Å²) in [5.74, 6) is -0.590. The maximum Gasteiger partial charge on any atom is 0.255 e. The number of sulfonamides is 1. The fourth-order valence-electron chi connectivity index (χ4n) is 3.45. The van der Waals surface area contributed by atoms with Crippen molar-refractivity contribution in [3.8, 4) is 0 Å². The number of nitrogens with one attached hydrogen (secondary N) is 3. The van der Waals surface area contributed by atoms with E-state index in [-0.39, 0.29) is 16.4 Å². The zero-order chi connectivity index (χ0) is 22.4. The van der Waals surface area contributed by atoms with Crippen LogP contribution in [0, 0.1) is 0 Å². The first-order chi connectivity index (χ1) is 14.8. The minimum atomic E-state index is -3.75. The second-order valence-corrected chi connectivity index (χ2v) is 9.22. The molecule has 1 fully saturated rings. The normalized spacial score (nSPS) is 13.8. The van der Waals surface area contributed by atoms with Crippen LogP contribution in [0.2, 0.25) is 0 Å². The maximum atomic E-state index is 12.9. The van der Waals surface area contributed by atoms with Crippen molar-refractivity contribution in [1.82, 2.24) is 4.72 Å². The second kappa shape index (κ2) is 9.93. The third kappa shape index (κ3) is 5.83. The van der Waals surface area contributed by atoms with Crippen molar-refractivity contribution in [2.24, 2.45) is 0 Å². The number of carbonyl (C=O) groups is 2. The molecular formula is C22H28N4O4S. The Kier molecular flexibility index (Phi) is 7.29. The Hall–Kier alpha value is -2.91. The molecule has 8 nitrogen and oxygen atoms in total. The number of amides is 2. The van der Waals surface area contributed by atoms with E-state index in [0.717, 1.165) is 25.9 Å². The number of benzene rings is 2. The fourth-order valence-corrected chi connectivity index (χ4v) is 4.83. The van der Waals surface area contributed by atoms with Crippen LogP contribution in [-0.2, 0) is 14.8 Å². The molecule has 3 N–H and O–H groups in total. The van der Waals surface area contributed by atoms with E-state index < -0.39 is 15.9 Å². The van der Waals surface area contributed by atoms with E-state index >= 15 is 0 Å². The molecule has 166 valence electrons. The molecule has 1 aliphatic rings. The molecule has 2 aromatic carbocycles. The molecule has 0 aromatic heterocycles. The van der Waals surface area contributed by atoms with Gasteiger partial charge in [-0.25, -0.2) is 13.1 Å². The van der Waals surface area contributed by atoms with Gasteiger partial charge in [0.05, 0.1) is 5.69 Å². The van der Waals surface area contributed by atoms with Gasteiger partial charge in [0.15, 0.2) is 0 Å². The van der Waals surface area contributed by atoms with Gasteiger partial charge in [0, 0.05) is 43.5 Å². The monoisotopic (exact) mass is 444 g/mol. The Balaban J connectivity index is 1.86. The maximum absolute atomic E-state index is 12.9. The van der Waals surface area contributed by atoms with Crippen molar-refractivity contribution in [2.75, 3.05) is 35.2 Å². The van der Waals surface area contributed by atoms with E-state index in [1.54, 1.807) is 36.4 Å². The Morgan fingerprint density at radius 3 is 2.16 bits per heavy atom. The summed E-state index contributed by atoms with van der Waals surface area (Å²) in [5, 5.41) is 5.43. The van der Waals surface area contributed by atoms with E-state index in [9.17, 15) is 18.0 Å². The quantitative estimate of drug-likeness (QED) is 0.580. The van der Waals surface area contributed by atoms with E-state index in [1.807, 2.05) is 11.8 Å². The Bertz CT molecular complexity index is 1050. The third-order valence-corrected chi connectivity index (χ3v) is 6.45. The van der Waals surface area contributed by atoms with Gasteiger partial charge in [-0.05, 0) is 61.7 Å². The van der Waals surface area contributed by atoms with E-state index in [4.69, 9.17) is 0 Å². The molecule has 0 unspecified atom stereocenters. The second-order valence-electron chi connectivity index (χ2n) is 7.49. The highest BCUT2D eigenvalue weighted by atomic mass is 32.2. The van der Waals surface area contributed by atoms with E-state index in [1.165, 1.54) is 13.0 Å². The number of rotatable bonds is 8. The largest absolute Gasteiger partial charge is 0.370 e. The molecular weight excluding hydrogens is 416 g/mol. The number of anilines is 3. The van der Waals surface area contributed by atoms with Crippen LogP contribution < -0.4 is 20.3 Å². The van der Waals surface area contributed by atoms with Crippen molar-refractivity contribution >= 4 is 38.9 Å². The number of carbonyl (C=O) groups excluding carboxylic acids is 2. The van der Waals surface area contributed by atoms with E-state index in [2.05, 4.69) is 15.4 Å². The van der Waals surface area contributed by atoms with Crippen molar-refractivity contribution < 1.29 is 18.0 Å². The lowest BCUT2D eigenvalue weighted by molar-refractivity contribution is -0.114. The van der Waals surface area contributed by atoms with Crippen molar-refractivity contribution in [3.63, 3.8) is 0 Å². The first-order valence-electron chi connectivity index (χ1n) is 10.4. The molecule has 0 aliphatic carbocycles. The van der Waals surface area contributed by atoms with Crippen LogP contribution in [0.3, 0.4) is 0 Å². The van der Waals surface area contributed by atoms with Crippen LogP contribution >= 0.6 is 0 Å². The van der Waals surface area contributed by atoms with Crippen LogP contribution in [-0.4, -0.2) is 39.9 Å². The number of nitrogens with zero attached hydrogens (tertiary/aromatic N) is 1. The Morgan fingerprint density at radius 2 is 1.58 bits per heavy atom. The molecule has 2 amide bonds. The predicted octanol–water partition coefficient (Wildman–Crippen LogP) is 3.19. The van der Waals surface area contributed by atoms with Gasteiger partial charge in [-0.15, -0.1) is 0 Å². The fraction of sp³-hybridized carbons (Fsp3) is 0.364. The average molecular weight is 445 g/mol. The molecule has 0 atom stereocenters. The van der Waals surface area contributed by atoms with Crippen LogP contribution in [0.15, 0.2) is 47.4 Å². The lowest BCUT2D eigenvalue weighted by Gasteiger charge is -2.22. The minimum Gasteiger partial charge on any atom is -0.370 e. The molecule has 2 aromatic rings. The highest BCUT2D eigenvalue weighted by molar-refractivity contribution is 7.89. The van der Waals surface area contributed by atoms with Gasteiger partial charge in [0.25, 0.3) is 5.91 Å². The molecule has 1 heterocycles. The summed E-state index contributed by atoms with van der Waals surface area (Å²) in [5.41, 5.74) is 2.04. The van der Waals surface area contributed by atoms with E-state index in [0.29, 0.717) is 30.0 Å². The van der Waals surface area contributed by atoms with Crippen molar-refractivity contribution in [2.45, 2.75) is 38.0 Å². The summed E-state index contributed by atoms with van der Waals surface area (Å²) in [6, 6.07) is 11.5. The molecule has 0 saturated carbocycles. The van der Waals surface area contributed by atoms with Gasteiger partial charge in [-0.2, -0.15) is 0 Å². The summed E-state index contributed by atoms with van der Waals surface area (Å²) >= 11 is 0. The average Bonchev–Trinajstić information content (AvgIpc) is 3.27. The van der Waals surface area contributed by atoms with Crippen LogP contribution in [0.4, 0.5) is 17.1 Å². The first kappa shape index (κ1) is 22.8. The SMILES string of the molecule is CCCNS(=O)(=O)c1cc(C(=O)Nc2ccc(NC(C)=O)cc2)ccc1N1CCCC1. The van der Waals surface area contributed by atoms with Crippen LogP contribution in [0.5, 0.6) is 0 Å². The Morgan fingerprint density at radius 1 is 0.968 bits per heavy atom. The summed E-state index contributed by atoms with van der Waals surface area (Å²) < 4.78 is 28.5. The van der Waals surface area contributed by atoms with Gasteiger partial charge in [-0.3, -0.25) is 9.59 Å². The lowest BCUT2D eigenvalue weighted by Crippen LogP contribution is -2.28. The summed E-state index contributed by atoms with van der Waals surface area (Å²) in [6.45, 7) is 5.23. The number of hydrogen-bond donors (Lipinski definition) is 3. The third-order valence-electron chi connectivity index (χ3n) is 4.96. The first-order valence-corrected chi connectivity index (χ1v) is 11.9. The van der Waals surface area contributed by atoms with Gasteiger partial charge in [0.2, 0.25) is 15.9 Å². The smallest absolute Gasteiger partial charge is 0.255 e. The molecule has 0 bridgehead atoms. The Labute approximate surface area is 183 Å². The summed E-state index contributed by atoms with van der Waals surface area (Å²) in [7, 11) is -3.75. The summed E-state index contributed by atoms with van der Waals surface area (Å²) in [6.07, 6.45) is 2.70. The van der Waals surface area contributed by atoms with Gasteiger partial charge in [-0.1, -0.05) is 6.92 Å². The molecule has 3 rings (SSSR count). The highest BCUT2D eigenvalue weighted by Crippen LogP contribution is 2.29. The van der Waals surface area contributed by atoms with Crippen LogP contribution in [0.1, 0.15) is 43.5 Å². The lowest BCUT2D eigenvalue weighted by atomic mass is 10.1. The molecule has 0 spiro atoms. The molecule has 0 radical (unpaired) electrons. The van der Waals surface area contributed by atoms with Gasteiger partial charge >= 0.3 is 0 Å². The van der Waals surface area contributed by atoms with Crippen molar-refractivity contribution in [1.29, 1.82) is 0 Å².